The topological polar surface area (TPSA) is 59.4 Å². The number of hydrogen-bond donors (Lipinski definition) is 0. The molecule has 5 rings (SSSR count). The van der Waals surface area contributed by atoms with E-state index < -0.39 is 9.84 Å². The van der Waals surface area contributed by atoms with E-state index in [4.69, 9.17) is 0 Å². The number of carbonyl (C=O) groups is 1. The number of amides is 1. The molecule has 6 heteroatoms. The van der Waals surface area contributed by atoms with Crippen molar-refractivity contribution in [2.24, 2.45) is 0 Å². The van der Waals surface area contributed by atoms with Gasteiger partial charge in [0.05, 0.1) is 9.79 Å². The maximum absolute atomic E-state index is 13.7. The molecule has 0 aliphatic rings. The van der Waals surface area contributed by atoms with Gasteiger partial charge in [0.1, 0.15) is 6.54 Å². The Labute approximate surface area is 223 Å². The minimum absolute atomic E-state index is 0.0472. The molecule has 1 aromatic heterocycles. The predicted molar refractivity (Wildman–Crippen MR) is 151 cm³/mol. The molecule has 0 spiro atoms. The Morgan fingerprint density at radius 1 is 0.763 bits per heavy atom. The first-order valence-corrected chi connectivity index (χ1v) is 14.2. The Morgan fingerprint density at radius 3 is 2.05 bits per heavy atom. The first-order chi connectivity index (χ1) is 18.4. The van der Waals surface area contributed by atoms with E-state index in [1.165, 1.54) is 0 Å². The number of nitrogens with zero attached hydrogens (tertiary/aromatic N) is 2. The van der Waals surface area contributed by atoms with Crippen LogP contribution in [0.3, 0.4) is 0 Å². The zero-order chi connectivity index (χ0) is 26.5. The Kier molecular flexibility index (Phi) is 7.43. The summed E-state index contributed by atoms with van der Waals surface area (Å²) in [4.78, 5) is 16.0. The molecule has 38 heavy (non-hydrogen) atoms. The average Bonchev–Trinajstić information content (AvgIpc) is 3.31. The highest BCUT2D eigenvalue weighted by atomic mass is 32.2. The molecule has 0 saturated heterocycles. The van der Waals surface area contributed by atoms with Gasteiger partial charge in [0.15, 0.2) is 0 Å². The fourth-order valence-electron chi connectivity index (χ4n) is 4.65. The van der Waals surface area contributed by atoms with E-state index in [2.05, 4.69) is 12.1 Å². The lowest BCUT2D eigenvalue weighted by molar-refractivity contribution is -0.132. The van der Waals surface area contributed by atoms with Gasteiger partial charge in [-0.25, -0.2) is 8.42 Å². The number of aryl methyl sites for hydroxylation is 1. The lowest BCUT2D eigenvalue weighted by Crippen LogP contribution is -2.35. The average molecular weight is 523 g/mol. The number of sulfone groups is 1. The lowest BCUT2D eigenvalue weighted by Gasteiger charge is -2.23. The second-order valence-electron chi connectivity index (χ2n) is 9.49. The van der Waals surface area contributed by atoms with Crippen LogP contribution >= 0.6 is 0 Å². The third-order valence-electron chi connectivity index (χ3n) is 6.76. The van der Waals surface area contributed by atoms with Crippen molar-refractivity contribution < 1.29 is 13.2 Å². The molecule has 0 atom stereocenters. The molecule has 1 heterocycles. The highest BCUT2D eigenvalue weighted by molar-refractivity contribution is 7.91. The van der Waals surface area contributed by atoms with Crippen molar-refractivity contribution in [1.82, 2.24) is 9.47 Å². The quantitative estimate of drug-likeness (QED) is 0.237. The smallest absolute Gasteiger partial charge is 0.242 e. The van der Waals surface area contributed by atoms with Crippen LogP contribution in [0, 0.1) is 6.92 Å². The van der Waals surface area contributed by atoms with Gasteiger partial charge in [-0.05, 0) is 42.7 Å². The lowest BCUT2D eigenvalue weighted by atomic mass is 10.1. The van der Waals surface area contributed by atoms with Crippen molar-refractivity contribution >= 4 is 26.6 Å². The summed E-state index contributed by atoms with van der Waals surface area (Å²) in [5, 5.41) is 0.611. The largest absolute Gasteiger partial charge is 0.337 e. The third kappa shape index (κ3) is 5.55. The van der Waals surface area contributed by atoms with E-state index in [1.54, 1.807) is 41.1 Å². The second-order valence-corrected chi connectivity index (χ2v) is 11.4. The van der Waals surface area contributed by atoms with Gasteiger partial charge in [-0.1, -0.05) is 96.6 Å². The normalized spacial score (nSPS) is 11.5. The standard InChI is InChI=1S/C32H30N2O3S/c1-25-16-18-28(19-17-25)38(36,37)31-23-34(30-15-9-8-14-29(30)31)24-32(35)33(22-27-12-6-3-7-13-27)21-20-26-10-4-2-5-11-26/h2-19,23H,20-22,24H2,1H3. The van der Waals surface area contributed by atoms with Crippen LogP contribution in [0.1, 0.15) is 16.7 Å². The summed E-state index contributed by atoms with van der Waals surface area (Å²) in [5.74, 6) is -0.0650. The Balaban J connectivity index is 1.46. The van der Waals surface area contributed by atoms with Gasteiger partial charge in [-0.3, -0.25) is 4.79 Å². The molecule has 192 valence electrons. The Morgan fingerprint density at radius 2 is 1.37 bits per heavy atom. The van der Waals surface area contributed by atoms with Gasteiger partial charge in [-0.2, -0.15) is 0 Å². The van der Waals surface area contributed by atoms with Crippen LogP contribution < -0.4 is 0 Å². The molecule has 5 nitrogen and oxygen atoms in total. The van der Waals surface area contributed by atoms with Crippen molar-refractivity contribution in [3.05, 3.63) is 132 Å². The fourth-order valence-corrected chi connectivity index (χ4v) is 6.13. The molecule has 5 aromatic rings. The molecule has 0 unspecified atom stereocenters. The number of rotatable bonds is 9. The van der Waals surface area contributed by atoms with E-state index in [9.17, 15) is 13.2 Å². The Hall–Kier alpha value is -4.16. The van der Waals surface area contributed by atoms with Gasteiger partial charge >= 0.3 is 0 Å². The molecule has 0 aliphatic heterocycles. The minimum Gasteiger partial charge on any atom is -0.337 e. The van der Waals surface area contributed by atoms with E-state index in [1.807, 2.05) is 78.6 Å². The maximum Gasteiger partial charge on any atom is 0.242 e. The van der Waals surface area contributed by atoms with E-state index in [-0.39, 0.29) is 22.2 Å². The first-order valence-electron chi connectivity index (χ1n) is 12.7. The summed E-state index contributed by atoms with van der Waals surface area (Å²) in [6, 6.07) is 34.2. The summed E-state index contributed by atoms with van der Waals surface area (Å²) in [7, 11) is -3.76. The van der Waals surface area contributed by atoms with Crippen LogP contribution in [0.2, 0.25) is 0 Å². The van der Waals surface area contributed by atoms with Crippen molar-refractivity contribution in [2.75, 3.05) is 6.54 Å². The summed E-state index contributed by atoms with van der Waals surface area (Å²) in [6.45, 7) is 3.02. The predicted octanol–water partition coefficient (Wildman–Crippen LogP) is 6.05. The van der Waals surface area contributed by atoms with Crippen LogP contribution in [-0.4, -0.2) is 30.3 Å². The molecular formula is C32H30N2O3S. The van der Waals surface area contributed by atoms with Gasteiger partial charge < -0.3 is 9.47 Å². The number of aromatic nitrogens is 1. The zero-order valence-corrected chi connectivity index (χ0v) is 22.1. The van der Waals surface area contributed by atoms with E-state index in [0.29, 0.717) is 24.0 Å². The van der Waals surface area contributed by atoms with Crippen LogP contribution in [0.5, 0.6) is 0 Å². The maximum atomic E-state index is 13.7. The van der Waals surface area contributed by atoms with Crippen molar-refractivity contribution in [1.29, 1.82) is 0 Å². The number of benzene rings is 4. The highest BCUT2D eigenvalue weighted by Crippen LogP contribution is 2.30. The summed E-state index contributed by atoms with van der Waals surface area (Å²) in [5.41, 5.74) is 3.92. The molecular weight excluding hydrogens is 492 g/mol. The SMILES string of the molecule is Cc1ccc(S(=O)(=O)c2cn(CC(=O)N(CCc3ccccc3)Cc3ccccc3)c3ccccc23)cc1. The van der Waals surface area contributed by atoms with E-state index >= 15 is 0 Å². The van der Waals surface area contributed by atoms with Crippen molar-refractivity contribution in [3.63, 3.8) is 0 Å². The van der Waals surface area contributed by atoms with Gasteiger partial charge in [0.2, 0.25) is 15.7 Å². The van der Waals surface area contributed by atoms with Crippen molar-refractivity contribution in [2.45, 2.75) is 36.2 Å². The number of carbonyl (C=O) groups excluding carboxylic acids is 1. The number of para-hydroxylation sites is 1. The number of hydrogen-bond acceptors (Lipinski definition) is 3. The highest BCUT2D eigenvalue weighted by Gasteiger charge is 2.25. The van der Waals surface area contributed by atoms with Crippen LogP contribution in [0.15, 0.2) is 125 Å². The fraction of sp³-hybridized carbons (Fsp3) is 0.156. The summed E-state index contributed by atoms with van der Waals surface area (Å²) in [6.07, 6.45) is 2.34. The van der Waals surface area contributed by atoms with Gasteiger partial charge in [-0.15, -0.1) is 0 Å². The monoisotopic (exact) mass is 522 g/mol. The zero-order valence-electron chi connectivity index (χ0n) is 21.3. The molecule has 0 aliphatic carbocycles. The molecule has 0 bridgehead atoms. The second kappa shape index (κ2) is 11.1. The first kappa shape index (κ1) is 25.5. The third-order valence-corrected chi connectivity index (χ3v) is 8.56. The molecule has 0 saturated carbocycles. The Bertz CT molecular complexity index is 1640. The number of fused-ring (bicyclic) bond motifs is 1. The van der Waals surface area contributed by atoms with Crippen LogP contribution in [0.4, 0.5) is 0 Å². The van der Waals surface area contributed by atoms with Gasteiger partial charge in [0.25, 0.3) is 0 Å². The molecule has 0 fully saturated rings. The molecule has 0 N–H and O–H groups in total. The molecule has 4 aromatic carbocycles. The minimum atomic E-state index is -3.76. The van der Waals surface area contributed by atoms with Crippen molar-refractivity contribution in [3.8, 4) is 0 Å². The van der Waals surface area contributed by atoms with Gasteiger partial charge in [0, 0.05) is 30.2 Å². The van der Waals surface area contributed by atoms with Crippen LogP contribution in [-0.2, 0) is 34.1 Å². The molecule has 1 amide bonds. The molecule has 0 radical (unpaired) electrons. The summed E-state index contributed by atoms with van der Waals surface area (Å²) < 4.78 is 28.9. The van der Waals surface area contributed by atoms with Crippen LogP contribution in [0.25, 0.3) is 10.9 Å². The van der Waals surface area contributed by atoms with E-state index in [0.717, 1.165) is 23.1 Å². The summed E-state index contributed by atoms with van der Waals surface area (Å²) >= 11 is 0.